The summed E-state index contributed by atoms with van der Waals surface area (Å²) in [6.45, 7) is 5.84. The minimum absolute atomic E-state index is 0.0163. The standard InChI is InChI=1S/C15H24N4O4/c1-3-13(20)16-6-4-14(21)18-7-5-12-11(10-18)17-15(22)19(12)8-9-23-2/h3,11-12H,1,4-10H2,2H3,(H,16,20)(H,17,22)/t11-,12+/m0/s1. The van der Waals surface area contributed by atoms with Gasteiger partial charge in [-0.2, -0.15) is 0 Å². The highest BCUT2D eigenvalue weighted by atomic mass is 16.5. The molecule has 8 heteroatoms. The first kappa shape index (κ1) is 17.3. The summed E-state index contributed by atoms with van der Waals surface area (Å²) in [4.78, 5) is 38.8. The van der Waals surface area contributed by atoms with Crippen LogP contribution in [0.25, 0.3) is 0 Å². The maximum Gasteiger partial charge on any atom is 0.318 e. The van der Waals surface area contributed by atoms with Gasteiger partial charge in [0.1, 0.15) is 0 Å². The molecule has 2 fully saturated rings. The molecule has 0 saturated carbocycles. The molecule has 0 bridgehead atoms. The van der Waals surface area contributed by atoms with E-state index in [1.54, 1.807) is 16.9 Å². The van der Waals surface area contributed by atoms with Crippen LogP contribution >= 0.6 is 0 Å². The highest BCUT2D eigenvalue weighted by molar-refractivity contribution is 5.87. The lowest BCUT2D eigenvalue weighted by molar-refractivity contribution is -0.132. The van der Waals surface area contributed by atoms with Crippen molar-refractivity contribution in [2.75, 3.05) is 39.9 Å². The van der Waals surface area contributed by atoms with Crippen LogP contribution in [0.1, 0.15) is 12.8 Å². The van der Waals surface area contributed by atoms with E-state index in [-0.39, 0.29) is 36.3 Å². The molecular formula is C15H24N4O4. The fourth-order valence-electron chi connectivity index (χ4n) is 3.05. The number of likely N-dealkylation sites (tertiary alicyclic amines) is 1. The molecule has 2 aliphatic rings. The van der Waals surface area contributed by atoms with Crippen LogP contribution in [0.15, 0.2) is 12.7 Å². The second-order valence-corrected chi connectivity index (χ2v) is 5.68. The Bertz CT molecular complexity index is 482. The van der Waals surface area contributed by atoms with Gasteiger partial charge in [0, 0.05) is 39.7 Å². The van der Waals surface area contributed by atoms with E-state index in [9.17, 15) is 14.4 Å². The molecule has 2 aliphatic heterocycles. The van der Waals surface area contributed by atoms with Gasteiger partial charge in [-0.05, 0) is 12.5 Å². The van der Waals surface area contributed by atoms with Crippen LogP contribution in [0.3, 0.4) is 0 Å². The number of urea groups is 1. The van der Waals surface area contributed by atoms with E-state index in [4.69, 9.17) is 4.74 Å². The van der Waals surface area contributed by atoms with Gasteiger partial charge in [0.2, 0.25) is 11.8 Å². The molecule has 0 radical (unpaired) electrons. The van der Waals surface area contributed by atoms with E-state index < -0.39 is 0 Å². The summed E-state index contributed by atoms with van der Waals surface area (Å²) in [6, 6.07) is -0.0217. The number of ether oxygens (including phenoxy) is 1. The van der Waals surface area contributed by atoms with Crippen molar-refractivity contribution in [3.63, 3.8) is 0 Å². The number of amides is 4. The molecule has 128 valence electrons. The molecule has 8 nitrogen and oxygen atoms in total. The van der Waals surface area contributed by atoms with Crippen molar-refractivity contribution in [2.45, 2.75) is 24.9 Å². The Morgan fingerprint density at radius 3 is 3.00 bits per heavy atom. The highest BCUT2D eigenvalue weighted by Gasteiger charge is 2.42. The summed E-state index contributed by atoms with van der Waals surface area (Å²) in [6.07, 6.45) is 2.18. The minimum Gasteiger partial charge on any atom is -0.383 e. The van der Waals surface area contributed by atoms with Crippen LogP contribution in [0.5, 0.6) is 0 Å². The Morgan fingerprint density at radius 2 is 2.30 bits per heavy atom. The molecule has 4 amide bonds. The SMILES string of the molecule is C=CC(=O)NCCC(=O)N1CC[C@@H]2[C@H](C1)NC(=O)N2CCOC. The number of hydrogen-bond acceptors (Lipinski definition) is 4. The number of carbonyl (C=O) groups is 3. The maximum atomic E-state index is 12.2. The first-order valence-electron chi connectivity index (χ1n) is 7.81. The van der Waals surface area contributed by atoms with Gasteiger partial charge in [-0.1, -0.05) is 6.58 Å². The fourth-order valence-corrected chi connectivity index (χ4v) is 3.05. The summed E-state index contributed by atoms with van der Waals surface area (Å²) >= 11 is 0. The molecule has 0 aromatic rings. The normalized spacial score (nSPS) is 23.3. The molecule has 0 aliphatic carbocycles. The van der Waals surface area contributed by atoms with Gasteiger partial charge in [-0.15, -0.1) is 0 Å². The zero-order valence-corrected chi connectivity index (χ0v) is 13.4. The van der Waals surface area contributed by atoms with Gasteiger partial charge in [0.15, 0.2) is 0 Å². The zero-order chi connectivity index (χ0) is 16.8. The van der Waals surface area contributed by atoms with Crippen LogP contribution in [-0.4, -0.2) is 79.6 Å². The molecule has 2 atom stereocenters. The Hall–Kier alpha value is -2.09. The van der Waals surface area contributed by atoms with Gasteiger partial charge in [-0.3, -0.25) is 9.59 Å². The van der Waals surface area contributed by atoms with E-state index in [1.807, 2.05) is 0 Å². The monoisotopic (exact) mass is 324 g/mol. The molecular weight excluding hydrogens is 300 g/mol. The van der Waals surface area contributed by atoms with E-state index in [1.165, 1.54) is 6.08 Å². The van der Waals surface area contributed by atoms with Crippen molar-refractivity contribution < 1.29 is 19.1 Å². The largest absolute Gasteiger partial charge is 0.383 e. The highest BCUT2D eigenvalue weighted by Crippen LogP contribution is 2.23. The van der Waals surface area contributed by atoms with Crippen LogP contribution in [0, 0.1) is 0 Å². The predicted molar refractivity (Wildman–Crippen MR) is 83.7 cm³/mol. The average Bonchev–Trinajstić information content (AvgIpc) is 2.86. The van der Waals surface area contributed by atoms with E-state index in [2.05, 4.69) is 17.2 Å². The number of nitrogens with one attached hydrogen (secondary N) is 2. The molecule has 0 unspecified atom stereocenters. The van der Waals surface area contributed by atoms with Crippen LogP contribution in [0.4, 0.5) is 4.79 Å². The third-order valence-corrected chi connectivity index (χ3v) is 4.26. The van der Waals surface area contributed by atoms with Gasteiger partial charge < -0.3 is 25.2 Å². The Balaban J connectivity index is 1.81. The van der Waals surface area contributed by atoms with Gasteiger partial charge in [0.25, 0.3) is 0 Å². The molecule has 2 N–H and O–H groups in total. The maximum absolute atomic E-state index is 12.2. The average molecular weight is 324 g/mol. The molecule has 0 aromatic heterocycles. The summed E-state index contributed by atoms with van der Waals surface area (Å²) in [5, 5.41) is 5.53. The fraction of sp³-hybridized carbons (Fsp3) is 0.667. The molecule has 0 spiro atoms. The van der Waals surface area contributed by atoms with Gasteiger partial charge in [0.05, 0.1) is 18.7 Å². The second-order valence-electron chi connectivity index (χ2n) is 5.68. The Labute approximate surface area is 135 Å². The van der Waals surface area contributed by atoms with Crippen molar-refractivity contribution in [2.24, 2.45) is 0 Å². The summed E-state index contributed by atoms with van der Waals surface area (Å²) < 4.78 is 5.04. The topological polar surface area (TPSA) is 91.0 Å². The number of carbonyl (C=O) groups excluding carboxylic acids is 3. The third-order valence-electron chi connectivity index (χ3n) is 4.26. The van der Waals surface area contributed by atoms with E-state index in [0.717, 1.165) is 6.42 Å². The Morgan fingerprint density at radius 1 is 1.52 bits per heavy atom. The second kappa shape index (κ2) is 7.96. The van der Waals surface area contributed by atoms with Gasteiger partial charge in [-0.25, -0.2) is 4.79 Å². The number of fused-ring (bicyclic) bond motifs is 1. The van der Waals surface area contributed by atoms with E-state index in [0.29, 0.717) is 32.8 Å². The van der Waals surface area contributed by atoms with Crippen molar-refractivity contribution in [3.05, 3.63) is 12.7 Å². The zero-order valence-electron chi connectivity index (χ0n) is 13.4. The predicted octanol–water partition coefficient (Wildman–Crippen LogP) is -0.680. The Kier molecular flexibility index (Phi) is 5.97. The molecule has 2 saturated heterocycles. The summed E-state index contributed by atoms with van der Waals surface area (Å²) in [5.41, 5.74) is 0. The van der Waals surface area contributed by atoms with Crippen molar-refractivity contribution >= 4 is 17.8 Å². The lowest BCUT2D eigenvalue weighted by Crippen LogP contribution is -2.53. The first-order valence-corrected chi connectivity index (χ1v) is 7.81. The number of hydrogen-bond donors (Lipinski definition) is 2. The lowest BCUT2D eigenvalue weighted by Gasteiger charge is -2.36. The summed E-state index contributed by atoms with van der Waals surface area (Å²) in [5.74, 6) is -0.300. The number of rotatable bonds is 7. The van der Waals surface area contributed by atoms with Crippen LogP contribution in [-0.2, 0) is 14.3 Å². The third kappa shape index (κ3) is 4.22. The van der Waals surface area contributed by atoms with Crippen LogP contribution in [0.2, 0.25) is 0 Å². The van der Waals surface area contributed by atoms with Crippen molar-refractivity contribution in [1.29, 1.82) is 0 Å². The van der Waals surface area contributed by atoms with Crippen LogP contribution < -0.4 is 10.6 Å². The minimum atomic E-state index is -0.284. The van der Waals surface area contributed by atoms with Gasteiger partial charge >= 0.3 is 6.03 Å². The lowest BCUT2D eigenvalue weighted by atomic mass is 9.99. The number of methoxy groups -OCH3 is 1. The number of piperidine rings is 1. The number of nitrogens with zero attached hydrogens (tertiary/aromatic N) is 2. The molecule has 2 rings (SSSR count). The summed E-state index contributed by atoms with van der Waals surface area (Å²) in [7, 11) is 1.61. The quantitative estimate of drug-likeness (QED) is 0.607. The first-order chi connectivity index (χ1) is 11.1. The van der Waals surface area contributed by atoms with E-state index >= 15 is 0 Å². The molecule has 0 aromatic carbocycles. The van der Waals surface area contributed by atoms with Crippen molar-refractivity contribution in [1.82, 2.24) is 20.4 Å². The molecule has 2 heterocycles. The smallest absolute Gasteiger partial charge is 0.318 e. The molecule has 23 heavy (non-hydrogen) atoms. The van der Waals surface area contributed by atoms with Crippen molar-refractivity contribution in [3.8, 4) is 0 Å².